The predicted molar refractivity (Wildman–Crippen MR) is 99.6 cm³/mol. The third kappa shape index (κ3) is 4.28. The van der Waals surface area contributed by atoms with Crippen LogP contribution in [0.1, 0.15) is 42.8 Å². The number of rotatable bonds is 5. The SMILES string of the molecule is CCOC(=O)c1c(CN2CCC(C)CC2)oc2ccc(OC)cc12.Cl. The first-order valence-electron chi connectivity index (χ1n) is 8.61. The molecule has 138 valence electrons. The summed E-state index contributed by atoms with van der Waals surface area (Å²) < 4.78 is 16.5. The lowest BCUT2D eigenvalue weighted by Gasteiger charge is -2.29. The molecule has 2 aromatic rings. The van der Waals surface area contributed by atoms with Gasteiger partial charge in [-0.1, -0.05) is 6.92 Å². The van der Waals surface area contributed by atoms with E-state index in [1.165, 1.54) is 12.8 Å². The first-order valence-corrected chi connectivity index (χ1v) is 8.61. The molecule has 0 N–H and O–H groups in total. The van der Waals surface area contributed by atoms with Gasteiger partial charge in [0.15, 0.2) is 0 Å². The molecular formula is C19H26ClNO4. The number of esters is 1. The molecule has 1 aliphatic rings. The summed E-state index contributed by atoms with van der Waals surface area (Å²) in [5, 5.41) is 0.758. The number of hydrogen-bond donors (Lipinski definition) is 0. The van der Waals surface area contributed by atoms with E-state index in [1.807, 2.05) is 25.1 Å². The summed E-state index contributed by atoms with van der Waals surface area (Å²) in [5.41, 5.74) is 1.23. The minimum Gasteiger partial charge on any atom is -0.497 e. The standard InChI is InChI=1S/C19H25NO4.ClH/c1-4-23-19(21)18-15-11-14(22-3)5-6-16(15)24-17(18)12-20-9-7-13(2)8-10-20;/h5-6,11,13H,4,7-10,12H2,1-3H3;1H. The molecule has 1 aliphatic heterocycles. The van der Waals surface area contributed by atoms with Crippen molar-refractivity contribution in [3.63, 3.8) is 0 Å². The van der Waals surface area contributed by atoms with Crippen LogP contribution in [0.15, 0.2) is 22.6 Å². The number of methoxy groups -OCH3 is 1. The lowest BCUT2D eigenvalue weighted by atomic mass is 9.99. The smallest absolute Gasteiger partial charge is 0.342 e. The highest BCUT2D eigenvalue weighted by Crippen LogP contribution is 2.31. The number of ether oxygens (including phenoxy) is 2. The quantitative estimate of drug-likeness (QED) is 0.738. The number of fused-ring (bicyclic) bond motifs is 1. The van der Waals surface area contributed by atoms with Gasteiger partial charge in [-0.05, 0) is 57.0 Å². The van der Waals surface area contributed by atoms with Crippen LogP contribution in [0.25, 0.3) is 11.0 Å². The van der Waals surface area contributed by atoms with Gasteiger partial charge in [0.1, 0.15) is 22.7 Å². The number of carbonyl (C=O) groups excluding carboxylic acids is 1. The highest BCUT2D eigenvalue weighted by molar-refractivity contribution is 6.05. The number of piperidine rings is 1. The number of hydrogen-bond acceptors (Lipinski definition) is 5. The molecule has 25 heavy (non-hydrogen) atoms. The van der Waals surface area contributed by atoms with Crippen LogP contribution in [-0.4, -0.2) is 37.7 Å². The molecule has 0 spiro atoms. The van der Waals surface area contributed by atoms with Crippen molar-refractivity contribution < 1.29 is 18.7 Å². The normalized spacial score (nSPS) is 15.8. The van der Waals surface area contributed by atoms with Crippen molar-refractivity contribution in [3.05, 3.63) is 29.5 Å². The maximum Gasteiger partial charge on any atom is 0.342 e. The van der Waals surface area contributed by atoms with E-state index in [-0.39, 0.29) is 18.4 Å². The molecule has 0 aliphatic carbocycles. The van der Waals surface area contributed by atoms with E-state index in [0.717, 1.165) is 24.4 Å². The van der Waals surface area contributed by atoms with Gasteiger partial charge in [-0.15, -0.1) is 12.4 Å². The van der Waals surface area contributed by atoms with Crippen LogP contribution in [0.3, 0.4) is 0 Å². The van der Waals surface area contributed by atoms with E-state index in [0.29, 0.717) is 35.8 Å². The minimum absolute atomic E-state index is 0. The second-order valence-electron chi connectivity index (χ2n) is 6.44. The molecule has 1 saturated heterocycles. The molecule has 0 atom stereocenters. The van der Waals surface area contributed by atoms with Crippen molar-refractivity contribution in [1.82, 2.24) is 4.90 Å². The van der Waals surface area contributed by atoms with Gasteiger partial charge in [-0.25, -0.2) is 4.79 Å². The lowest BCUT2D eigenvalue weighted by Crippen LogP contribution is -2.32. The summed E-state index contributed by atoms with van der Waals surface area (Å²) in [7, 11) is 1.61. The Hall–Kier alpha value is -1.72. The molecule has 0 saturated carbocycles. The van der Waals surface area contributed by atoms with Crippen LogP contribution in [0.2, 0.25) is 0 Å². The molecule has 0 unspecified atom stereocenters. The zero-order valence-electron chi connectivity index (χ0n) is 15.0. The largest absolute Gasteiger partial charge is 0.497 e. The average Bonchev–Trinajstić information content (AvgIpc) is 2.94. The highest BCUT2D eigenvalue weighted by Gasteiger charge is 2.25. The summed E-state index contributed by atoms with van der Waals surface area (Å²) in [6.07, 6.45) is 2.37. The van der Waals surface area contributed by atoms with Gasteiger partial charge in [-0.2, -0.15) is 0 Å². The topological polar surface area (TPSA) is 51.9 Å². The number of furan rings is 1. The van der Waals surface area contributed by atoms with Crippen molar-refractivity contribution in [1.29, 1.82) is 0 Å². The number of halogens is 1. The average molecular weight is 368 g/mol. The van der Waals surface area contributed by atoms with Crippen molar-refractivity contribution in [2.75, 3.05) is 26.8 Å². The zero-order chi connectivity index (χ0) is 17.1. The first kappa shape index (κ1) is 19.6. The Bertz CT molecular complexity index is 720. The van der Waals surface area contributed by atoms with E-state index in [1.54, 1.807) is 7.11 Å². The number of nitrogens with zero attached hydrogens (tertiary/aromatic N) is 1. The van der Waals surface area contributed by atoms with Gasteiger partial charge in [0.05, 0.1) is 20.3 Å². The second-order valence-corrected chi connectivity index (χ2v) is 6.44. The van der Waals surface area contributed by atoms with Gasteiger partial charge in [0.25, 0.3) is 0 Å². The van der Waals surface area contributed by atoms with Crippen molar-refractivity contribution in [2.45, 2.75) is 33.2 Å². The first-order chi connectivity index (χ1) is 11.6. The fraction of sp³-hybridized carbons (Fsp3) is 0.526. The van der Waals surface area contributed by atoms with Crippen LogP contribution in [0, 0.1) is 5.92 Å². The van der Waals surface area contributed by atoms with Crippen LogP contribution in [0.5, 0.6) is 5.75 Å². The third-order valence-electron chi connectivity index (χ3n) is 4.69. The van der Waals surface area contributed by atoms with Gasteiger partial charge in [-0.3, -0.25) is 4.90 Å². The fourth-order valence-corrected chi connectivity index (χ4v) is 3.22. The van der Waals surface area contributed by atoms with Crippen molar-refractivity contribution >= 4 is 29.3 Å². The Balaban J connectivity index is 0.00000225. The van der Waals surface area contributed by atoms with Crippen molar-refractivity contribution in [3.8, 4) is 5.75 Å². The zero-order valence-corrected chi connectivity index (χ0v) is 15.9. The summed E-state index contributed by atoms with van der Waals surface area (Å²) in [6.45, 7) is 7.14. The Morgan fingerprint density at radius 3 is 2.68 bits per heavy atom. The van der Waals surface area contributed by atoms with Crippen molar-refractivity contribution in [2.24, 2.45) is 5.92 Å². The molecule has 6 heteroatoms. The van der Waals surface area contributed by atoms with E-state index >= 15 is 0 Å². The number of benzene rings is 1. The Labute approximate surface area is 154 Å². The molecular weight excluding hydrogens is 342 g/mol. The van der Waals surface area contributed by atoms with Crippen LogP contribution < -0.4 is 4.74 Å². The van der Waals surface area contributed by atoms with Gasteiger partial charge < -0.3 is 13.9 Å². The lowest BCUT2D eigenvalue weighted by molar-refractivity contribution is 0.0523. The molecule has 1 aromatic heterocycles. The molecule has 1 aromatic carbocycles. The molecule has 3 rings (SSSR count). The Morgan fingerprint density at radius 1 is 1.32 bits per heavy atom. The Morgan fingerprint density at radius 2 is 2.04 bits per heavy atom. The molecule has 0 bridgehead atoms. The summed E-state index contributed by atoms with van der Waals surface area (Å²) >= 11 is 0. The van der Waals surface area contributed by atoms with E-state index < -0.39 is 0 Å². The highest BCUT2D eigenvalue weighted by atomic mass is 35.5. The van der Waals surface area contributed by atoms with E-state index in [2.05, 4.69) is 11.8 Å². The molecule has 0 radical (unpaired) electrons. The van der Waals surface area contributed by atoms with Crippen LogP contribution in [-0.2, 0) is 11.3 Å². The van der Waals surface area contributed by atoms with E-state index in [4.69, 9.17) is 13.9 Å². The van der Waals surface area contributed by atoms with Gasteiger partial charge in [0.2, 0.25) is 0 Å². The molecule has 1 fully saturated rings. The van der Waals surface area contributed by atoms with E-state index in [9.17, 15) is 4.79 Å². The van der Waals surface area contributed by atoms with Gasteiger partial charge >= 0.3 is 5.97 Å². The molecule has 2 heterocycles. The number of carbonyl (C=O) groups is 1. The fourth-order valence-electron chi connectivity index (χ4n) is 3.22. The van der Waals surface area contributed by atoms with Crippen LogP contribution >= 0.6 is 12.4 Å². The maximum atomic E-state index is 12.5. The minimum atomic E-state index is -0.329. The monoisotopic (exact) mass is 367 g/mol. The van der Waals surface area contributed by atoms with Gasteiger partial charge in [0, 0.05) is 5.39 Å². The summed E-state index contributed by atoms with van der Waals surface area (Å²) in [6, 6.07) is 5.53. The number of likely N-dealkylation sites (tertiary alicyclic amines) is 1. The summed E-state index contributed by atoms with van der Waals surface area (Å²) in [4.78, 5) is 14.8. The maximum absolute atomic E-state index is 12.5. The predicted octanol–water partition coefficient (Wildman–Crippen LogP) is 4.27. The second kappa shape index (κ2) is 8.59. The third-order valence-corrected chi connectivity index (χ3v) is 4.69. The molecule has 5 nitrogen and oxygen atoms in total. The Kier molecular flexibility index (Phi) is 6.73. The molecule has 0 amide bonds. The summed E-state index contributed by atoms with van der Waals surface area (Å²) in [5.74, 6) is 1.83. The van der Waals surface area contributed by atoms with Crippen LogP contribution in [0.4, 0.5) is 0 Å².